The number of sulfonamides is 1. The van der Waals surface area contributed by atoms with Crippen LogP contribution in [0.3, 0.4) is 0 Å². The molecule has 1 aromatic heterocycles. The lowest BCUT2D eigenvalue weighted by Crippen LogP contribution is -2.22. The van der Waals surface area contributed by atoms with Gasteiger partial charge in [-0.2, -0.15) is 5.10 Å². The highest BCUT2D eigenvalue weighted by Crippen LogP contribution is 2.37. The number of hydrogen-bond donors (Lipinski definition) is 1. The van der Waals surface area contributed by atoms with Crippen LogP contribution in [0.1, 0.15) is 11.1 Å². The van der Waals surface area contributed by atoms with Gasteiger partial charge in [-0.1, -0.05) is 18.7 Å². The number of rotatable bonds is 7. The van der Waals surface area contributed by atoms with Crippen LogP contribution in [-0.4, -0.2) is 18.2 Å². The Hall–Kier alpha value is -3.37. The Morgan fingerprint density at radius 2 is 1.94 bits per heavy atom. The molecule has 31 heavy (non-hydrogen) atoms. The van der Waals surface area contributed by atoms with Gasteiger partial charge in [-0.25, -0.2) is 26.6 Å². The zero-order valence-corrected chi connectivity index (χ0v) is 17.5. The van der Waals surface area contributed by atoms with E-state index in [-0.39, 0.29) is 23.6 Å². The summed E-state index contributed by atoms with van der Waals surface area (Å²) in [5.41, 5.74) is 1.32. The minimum absolute atomic E-state index is 0.142. The summed E-state index contributed by atoms with van der Waals surface area (Å²) >= 11 is 0. The van der Waals surface area contributed by atoms with Crippen molar-refractivity contribution in [2.75, 3.05) is 0 Å². The molecule has 3 aromatic rings. The highest BCUT2D eigenvalue weighted by atomic mass is 32.2. The summed E-state index contributed by atoms with van der Waals surface area (Å²) in [5.74, 6) is -1.74. The quantitative estimate of drug-likeness (QED) is 0.600. The smallest absolute Gasteiger partial charge is 0.266 e. The van der Waals surface area contributed by atoms with Gasteiger partial charge in [-0.3, -0.25) is 4.79 Å². The fourth-order valence-corrected chi connectivity index (χ4v) is 3.34. The number of nitrogens with one attached hydrogen (secondary N) is 1. The summed E-state index contributed by atoms with van der Waals surface area (Å²) in [6, 6.07) is 9.02. The lowest BCUT2D eigenvalue weighted by atomic mass is 10.00. The maximum absolute atomic E-state index is 14.2. The molecule has 0 aliphatic carbocycles. The molecular formula is C21H19F2N3O4S. The van der Waals surface area contributed by atoms with Gasteiger partial charge in [0.1, 0.15) is 11.6 Å². The third-order valence-electron chi connectivity index (χ3n) is 4.43. The van der Waals surface area contributed by atoms with Crippen molar-refractivity contribution in [1.29, 1.82) is 0 Å². The van der Waals surface area contributed by atoms with Crippen LogP contribution < -0.4 is 15.0 Å². The number of nitrogens with zero attached hydrogens (tertiary/aromatic N) is 2. The summed E-state index contributed by atoms with van der Waals surface area (Å²) in [4.78, 5) is 11.9. The van der Waals surface area contributed by atoms with Gasteiger partial charge in [-0.15, -0.1) is 0 Å². The third kappa shape index (κ3) is 5.04. The predicted octanol–water partition coefficient (Wildman–Crippen LogP) is 3.39. The van der Waals surface area contributed by atoms with E-state index in [0.29, 0.717) is 28.5 Å². The van der Waals surface area contributed by atoms with E-state index >= 15 is 0 Å². The van der Waals surface area contributed by atoms with Gasteiger partial charge in [0, 0.05) is 36.7 Å². The lowest BCUT2D eigenvalue weighted by Gasteiger charge is -2.17. The average Bonchev–Trinajstić information content (AvgIpc) is 2.71. The molecule has 162 valence electrons. The number of ether oxygens (including phenoxy) is 1. The highest BCUT2D eigenvalue weighted by Gasteiger charge is 2.19. The molecular weight excluding hydrogens is 428 g/mol. The maximum Gasteiger partial charge on any atom is 0.266 e. The maximum atomic E-state index is 14.2. The first-order chi connectivity index (χ1) is 14.6. The molecule has 1 heterocycles. The largest absolute Gasteiger partial charge is 0.454 e. The van der Waals surface area contributed by atoms with E-state index in [1.165, 1.54) is 19.2 Å². The summed E-state index contributed by atoms with van der Waals surface area (Å²) < 4.78 is 60.3. The van der Waals surface area contributed by atoms with Crippen molar-refractivity contribution in [2.45, 2.75) is 13.5 Å². The van der Waals surface area contributed by atoms with Crippen molar-refractivity contribution >= 4 is 10.0 Å². The summed E-state index contributed by atoms with van der Waals surface area (Å²) in [6.45, 7) is 4.77. The Kier molecular flexibility index (Phi) is 6.32. The van der Waals surface area contributed by atoms with Gasteiger partial charge in [0.25, 0.3) is 5.56 Å². The number of hydrogen-bond acceptors (Lipinski definition) is 5. The Morgan fingerprint density at radius 3 is 2.61 bits per heavy atom. The predicted molar refractivity (Wildman–Crippen MR) is 112 cm³/mol. The van der Waals surface area contributed by atoms with Crippen LogP contribution in [0, 0.1) is 18.6 Å². The minimum atomic E-state index is -3.73. The molecule has 0 unspecified atom stereocenters. The van der Waals surface area contributed by atoms with Crippen molar-refractivity contribution in [3.05, 3.63) is 87.6 Å². The van der Waals surface area contributed by atoms with Gasteiger partial charge in [0.2, 0.25) is 10.0 Å². The lowest BCUT2D eigenvalue weighted by molar-refractivity contribution is 0.438. The monoisotopic (exact) mass is 447 g/mol. The van der Waals surface area contributed by atoms with E-state index in [4.69, 9.17) is 4.74 Å². The normalized spacial score (nSPS) is 11.4. The number of aryl methyl sites for hydroxylation is 2. The summed E-state index contributed by atoms with van der Waals surface area (Å²) in [5, 5.41) is 5.05. The van der Waals surface area contributed by atoms with E-state index in [2.05, 4.69) is 16.4 Å². The topological polar surface area (TPSA) is 90.3 Å². The molecule has 2 aromatic carbocycles. The zero-order valence-electron chi connectivity index (χ0n) is 16.7. The molecule has 0 atom stereocenters. The standard InChI is InChI=1S/C21H19F2N3O4S/c1-4-31(28,29)24-12-14-6-5-7-18(30-17-9-8-15(22)11-16(17)23)20(14)21-13(2)10-19(27)26(3)25-21/h4-11,24H,1,12H2,2-3H3. The Morgan fingerprint density at radius 1 is 1.19 bits per heavy atom. The molecule has 0 bridgehead atoms. The van der Waals surface area contributed by atoms with Crippen molar-refractivity contribution < 1.29 is 21.9 Å². The molecule has 0 aliphatic rings. The van der Waals surface area contributed by atoms with Gasteiger partial charge < -0.3 is 4.74 Å². The fourth-order valence-electron chi connectivity index (χ4n) is 2.86. The minimum Gasteiger partial charge on any atom is -0.454 e. The van der Waals surface area contributed by atoms with Gasteiger partial charge in [-0.05, 0) is 36.2 Å². The third-order valence-corrected chi connectivity index (χ3v) is 5.41. The van der Waals surface area contributed by atoms with Crippen molar-refractivity contribution in [1.82, 2.24) is 14.5 Å². The average molecular weight is 447 g/mol. The van der Waals surface area contributed by atoms with E-state index < -0.39 is 21.7 Å². The van der Waals surface area contributed by atoms with E-state index in [9.17, 15) is 22.0 Å². The highest BCUT2D eigenvalue weighted by molar-refractivity contribution is 7.92. The van der Waals surface area contributed by atoms with Crippen LogP contribution >= 0.6 is 0 Å². The first-order valence-corrected chi connectivity index (χ1v) is 10.6. The van der Waals surface area contributed by atoms with Crippen LogP contribution in [0.15, 0.2) is 59.2 Å². The van der Waals surface area contributed by atoms with Crippen LogP contribution in [0.5, 0.6) is 11.5 Å². The van der Waals surface area contributed by atoms with E-state index in [1.807, 2.05) is 0 Å². The molecule has 0 aliphatic heterocycles. The van der Waals surface area contributed by atoms with Crippen molar-refractivity contribution in [3.8, 4) is 22.8 Å². The Balaban J connectivity index is 2.19. The van der Waals surface area contributed by atoms with Gasteiger partial charge in [0.05, 0.1) is 5.69 Å². The molecule has 1 N–H and O–H groups in total. The number of benzene rings is 2. The van der Waals surface area contributed by atoms with Gasteiger partial charge in [0.15, 0.2) is 11.6 Å². The summed E-state index contributed by atoms with van der Waals surface area (Å²) in [6.07, 6.45) is 0. The van der Waals surface area contributed by atoms with Crippen LogP contribution in [0.2, 0.25) is 0 Å². The first kappa shape index (κ1) is 22.3. The second-order valence-corrected chi connectivity index (χ2v) is 8.35. The molecule has 10 heteroatoms. The molecule has 7 nitrogen and oxygen atoms in total. The Bertz CT molecular complexity index is 1320. The second-order valence-electron chi connectivity index (χ2n) is 6.64. The first-order valence-electron chi connectivity index (χ1n) is 9.03. The second kappa shape index (κ2) is 8.78. The number of halogens is 2. The molecule has 0 saturated heterocycles. The van der Waals surface area contributed by atoms with Crippen molar-refractivity contribution in [2.24, 2.45) is 7.05 Å². The van der Waals surface area contributed by atoms with E-state index in [1.54, 1.807) is 19.1 Å². The van der Waals surface area contributed by atoms with Gasteiger partial charge >= 0.3 is 0 Å². The SMILES string of the molecule is C=CS(=O)(=O)NCc1cccc(Oc2ccc(F)cc2F)c1-c1nn(C)c(=O)cc1C. The molecule has 0 saturated carbocycles. The number of aromatic nitrogens is 2. The van der Waals surface area contributed by atoms with Crippen LogP contribution in [0.25, 0.3) is 11.3 Å². The van der Waals surface area contributed by atoms with E-state index in [0.717, 1.165) is 22.2 Å². The zero-order chi connectivity index (χ0) is 22.8. The molecule has 0 radical (unpaired) electrons. The Labute approximate surface area is 177 Å². The molecule has 3 rings (SSSR count). The fraction of sp³-hybridized carbons (Fsp3) is 0.143. The molecule has 0 fully saturated rings. The summed E-state index contributed by atoms with van der Waals surface area (Å²) in [7, 11) is -2.26. The van der Waals surface area contributed by atoms with Crippen LogP contribution in [0.4, 0.5) is 8.78 Å². The van der Waals surface area contributed by atoms with Crippen LogP contribution in [-0.2, 0) is 23.6 Å². The molecule has 0 amide bonds. The van der Waals surface area contributed by atoms with Crippen molar-refractivity contribution in [3.63, 3.8) is 0 Å². The molecule has 0 spiro atoms.